The number of ether oxygens (including phenoxy) is 1. The number of phenolic OH excluding ortho intramolecular Hbond substituents is 2. The summed E-state index contributed by atoms with van der Waals surface area (Å²) < 4.78 is 5.01. The van der Waals surface area contributed by atoms with Crippen LogP contribution in [-0.2, 0) is 4.74 Å². The fourth-order valence-electron chi connectivity index (χ4n) is 1.79. The van der Waals surface area contributed by atoms with Crippen molar-refractivity contribution in [1.29, 1.82) is 0 Å². The molecule has 0 aromatic heterocycles. The maximum Gasteiger partial charge on any atom is 0.124 e. The molecule has 90 valence electrons. The quantitative estimate of drug-likeness (QED) is 0.715. The lowest BCUT2D eigenvalue weighted by atomic mass is 10.1. The minimum absolute atomic E-state index is 0.101. The molecular formula is C12H19NO3. The summed E-state index contributed by atoms with van der Waals surface area (Å²) in [6.45, 7) is 4.46. The highest BCUT2D eigenvalue weighted by Crippen LogP contribution is 2.32. The maximum absolute atomic E-state index is 9.67. The number of methoxy groups -OCH3 is 1. The zero-order valence-corrected chi connectivity index (χ0v) is 9.90. The van der Waals surface area contributed by atoms with E-state index < -0.39 is 0 Å². The van der Waals surface area contributed by atoms with E-state index in [9.17, 15) is 10.2 Å². The summed E-state index contributed by atoms with van der Waals surface area (Å²) >= 11 is 0. The van der Waals surface area contributed by atoms with E-state index in [4.69, 9.17) is 4.74 Å². The summed E-state index contributed by atoms with van der Waals surface area (Å²) in [5.74, 6) is 0.203. The van der Waals surface area contributed by atoms with Crippen molar-refractivity contribution in [2.75, 3.05) is 13.7 Å². The van der Waals surface area contributed by atoms with E-state index in [0.29, 0.717) is 12.2 Å². The molecule has 0 heterocycles. The van der Waals surface area contributed by atoms with Crippen LogP contribution in [0.4, 0.5) is 0 Å². The third-order valence-corrected chi connectivity index (χ3v) is 2.44. The molecule has 0 spiro atoms. The van der Waals surface area contributed by atoms with Gasteiger partial charge in [0.25, 0.3) is 0 Å². The zero-order chi connectivity index (χ0) is 12.1. The third-order valence-electron chi connectivity index (χ3n) is 2.44. The second-order valence-corrected chi connectivity index (χ2v) is 3.95. The van der Waals surface area contributed by atoms with Crippen molar-refractivity contribution in [2.45, 2.75) is 25.9 Å². The van der Waals surface area contributed by atoms with Gasteiger partial charge in [-0.1, -0.05) is 6.07 Å². The van der Waals surface area contributed by atoms with Gasteiger partial charge >= 0.3 is 0 Å². The Kier molecular flexibility index (Phi) is 4.58. The van der Waals surface area contributed by atoms with Gasteiger partial charge in [-0.15, -0.1) is 0 Å². The molecule has 1 rings (SSSR count). The number of rotatable bonds is 5. The molecule has 1 aromatic rings. The lowest BCUT2D eigenvalue weighted by Crippen LogP contribution is -2.32. The second-order valence-electron chi connectivity index (χ2n) is 3.95. The standard InChI is InChI=1S/C12H19NO3/c1-8(7-16-3)13-9(2)12-10(14)5-4-6-11(12)15/h4-6,8-9,13-15H,7H2,1-3H3. The Labute approximate surface area is 95.9 Å². The minimum atomic E-state index is -0.133. The lowest BCUT2D eigenvalue weighted by Gasteiger charge is -2.21. The van der Waals surface area contributed by atoms with Gasteiger partial charge in [-0.2, -0.15) is 0 Å². The molecule has 0 saturated carbocycles. The van der Waals surface area contributed by atoms with Crippen molar-refractivity contribution in [2.24, 2.45) is 0 Å². The van der Waals surface area contributed by atoms with Crippen LogP contribution in [0.15, 0.2) is 18.2 Å². The van der Waals surface area contributed by atoms with Gasteiger partial charge in [0.05, 0.1) is 12.2 Å². The first-order valence-electron chi connectivity index (χ1n) is 5.32. The Morgan fingerprint density at radius 1 is 1.25 bits per heavy atom. The average molecular weight is 225 g/mol. The van der Waals surface area contributed by atoms with Gasteiger partial charge in [0.15, 0.2) is 0 Å². The number of hydrogen-bond acceptors (Lipinski definition) is 4. The van der Waals surface area contributed by atoms with Crippen LogP contribution in [-0.4, -0.2) is 30.0 Å². The molecule has 16 heavy (non-hydrogen) atoms. The van der Waals surface area contributed by atoms with Gasteiger partial charge in [0.1, 0.15) is 11.5 Å². The molecule has 1 aromatic carbocycles. The van der Waals surface area contributed by atoms with Crippen molar-refractivity contribution in [3.05, 3.63) is 23.8 Å². The molecular weight excluding hydrogens is 206 g/mol. The van der Waals surface area contributed by atoms with Crippen LogP contribution in [0, 0.1) is 0 Å². The van der Waals surface area contributed by atoms with Gasteiger partial charge in [-0.3, -0.25) is 0 Å². The molecule has 0 fully saturated rings. The van der Waals surface area contributed by atoms with E-state index in [1.165, 1.54) is 0 Å². The first-order valence-corrected chi connectivity index (χ1v) is 5.32. The predicted octanol–water partition coefficient (Wildman–Crippen LogP) is 1.78. The molecule has 4 nitrogen and oxygen atoms in total. The number of benzene rings is 1. The molecule has 3 N–H and O–H groups in total. The fourth-order valence-corrected chi connectivity index (χ4v) is 1.79. The molecule has 0 bridgehead atoms. The molecule has 4 heteroatoms. The smallest absolute Gasteiger partial charge is 0.124 e. The molecule has 2 unspecified atom stereocenters. The third kappa shape index (κ3) is 3.12. The summed E-state index contributed by atoms with van der Waals surface area (Å²) in [5.41, 5.74) is 0.519. The molecule has 2 atom stereocenters. The van der Waals surface area contributed by atoms with E-state index in [2.05, 4.69) is 5.32 Å². The highest BCUT2D eigenvalue weighted by molar-refractivity contribution is 5.44. The Balaban J connectivity index is 2.76. The van der Waals surface area contributed by atoms with Crippen molar-refractivity contribution in [3.8, 4) is 11.5 Å². The normalized spacial score (nSPS) is 14.7. The number of aromatic hydroxyl groups is 2. The molecule has 0 aliphatic rings. The van der Waals surface area contributed by atoms with E-state index in [-0.39, 0.29) is 23.6 Å². The monoisotopic (exact) mass is 225 g/mol. The Hall–Kier alpha value is -1.26. The first kappa shape index (κ1) is 12.8. The van der Waals surface area contributed by atoms with Crippen molar-refractivity contribution < 1.29 is 14.9 Å². The van der Waals surface area contributed by atoms with Gasteiger partial charge in [0.2, 0.25) is 0 Å². The van der Waals surface area contributed by atoms with Crippen molar-refractivity contribution in [1.82, 2.24) is 5.32 Å². The highest BCUT2D eigenvalue weighted by atomic mass is 16.5. The number of phenols is 2. The molecule has 0 aliphatic heterocycles. The van der Waals surface area contributed by atoms with E-state index in [1.54, 1.807) is 25.3 Å². The lowest BCUT2D eigenvalue weighted by molar-refractivity contribution is 0.167. The Morgan fingerprint density at radius 3 is 2.31 bits per heavy atom. The van der Waals surface area contributed by atoms with Crippen LogP contribution in [0.2, 0.25) is 0 Å². The number of nitrogens with one attached hydrogen (secondary N) is 1. The van der Waals surface area contributed by atoms with Gasteiger partial charge in [-0.25, -0.2) is 0 Å². The zero-order valence-electron chi connectivity index (χ0n) is 9.90. The second kappa shape index (κ2) is 5.72. The van der Waals surface area contributed by atoms with Gasteiger partial charge in [-0.05, 0) is 26.0 Å². The first-order chi connectivity index (χ1) is 7.56. The minimum Gasteiger partial charge on any atom is -0.507 e. The highest BCUT2D eigenvalue weighted by Gasteiger charge is 2.16. The Morgan fingerprint density at radius 2 is 1.81 bits per heavy atom. The SMILES string of the molecule is COCC(C)NC(C)c1c(O)cccc1O. The fraction of sp³-hybridized carbons (Fsp3) is 0.500. The van der Waals surface area contributed by atoms with Crippen LogP contribution >= 0.6 is 0 Å². The van der Waals surface area contributed by atoms with Crippen molar-refractivity contribution >= 4 is 0 Å². The summed E-state index contributed by atoms with van der Waals surface area (Å²) in [7, 11) is 1.64. The molecule has 0 radical (unpaired) electrons. The van der Waals surface area contributed by atoms with E-state index >= 15 is 0 Å². The summed E-state index contributed by atoms with van der Waals surface area (Å²) in [6.07, 6.45) is 0. The van der Waals surface area contributed by atoms with Crippen LogP contribution < -0.4 is 5.32 Å². The van der Waals surface area contributed by atoms with Crippen LogP contribution in [0.1, 0.15) is 25.5 Å². The van der Waals surface area contributed by atoms with Crippen molar-refractivity contribution in [3.63, 3.8) is 0 Å². The summed E-state index contributed by atoms with van der Waals surface area (Å²) in [4.78, 5) is 0. The predicted molar refractivity (Wildman–Crippen MR) is 62.7 cm³/mol. The molecule has 0 amide bonds. The Bertz CT molecular complexity index is 321. The molecule has 0 aliphatic carbocycles. The maximum atomic E-state index is 9.67. The van der Waals surface area contributed by atoms with Crippen LogP contribution in [0.5, 0.6) is 11.5 Å². The average Bonchev–Trinajstić information content (AvgIpc) is 2.17. The van der Waals surface area contributed by atoms with Crippen LogP contribution in [0.25, 0.3) is 0 Å². The summed E-state index contributed by atoms with van der Waals surface area (Å²) in [5, 5.41) is 22.6. The van der Waals surface area contributed by atoms with Gasteiger partial charge in [0, 0.05) is 19.2 Å². The topological polar surface area (TPSA) is 61.7 Å². The molecule has 0 saturated heterocycles. The van der Waals surface area contributed by atoms with Gasteiger partial charge < -0.3 is 20.3 Å². The van der Waals surface area contributed by atoms with E-state index in [1.807, 2.05) is 13.8 Å². The number of hydrogen-bond donors (Lipinski definition) is 3. The largest absolute Gasteiger partial charge is 0.507 e. The summed E-state index contributed by atoms with van der Waals surface area (Å²) in [6, 6.07) is 4.76. The van der Waals surface area contributed by atoms with E-state index in [0.717, 1.165) is 0 Å². The van der Waals surface area contributed by atoms with Crippen LogP contribution in [0.3, 0.4) is 0 Å².